The number of para-hydroxylation sites is 1. The van der Waals surface area contributed by atoms with Gasteiger partial charge in [-0.2, -0.15) is 5.26 Å². The summed E-state index contributed by atoms with van der Waals surface area (Å²) >= 11 is 0. The van der Waals surface area contributed by atoms with Gasteiger partial charge in [0.05, 0.1) is 17.8 Å². The number of rotatable bonds is 5. The van der Waals surface area contributed by atoms with Gasteiger partial charge in [-0.15, -0.1) is 0 Å². The summed E-state index contributed by atoms with van der Waals surface area (Å²) in [7, 11) is 0. The molecule has 130 valence electrons. The highest BCUT2D eigenvalue weighted by Gasteiger charge is 2.22. The molecular formula is C18H20N4O3. The van der Waals surface area contributed by atoms with Gasteiger partial charge in [-0.1, -0.05) is 17.3 Å². The number of piperazine rings is 1. The number of nitriles is 1. The Hall–Kier alpha value is -2.85. The van der Waals surface area contributed by atoms with Gasteiger partial charge in [0.15, 0.2) is 12.4 Å². The summed E-state index contributed by atoms with van der Waals surface area (Å²) in [5.74, 6) is 1.22. The fourth-order valence-electron chi connectivity index (χ4n) is 2.78. The van der Waals surface area contributed by atoms with Crippen LogP contribution in [-0.2, 0) is 11.3 Å². The molecule has 0 radical (unpaired) electrons. The van der Waals surface area contributed by atoms with Gasteiger partial charge in [0.2, 0.25) is 0 Å². The van der Waals surface area contributed by atoms with Crippen molar-refractivity contribution >= 4 is 5.91 Å². The van der Waals surface area contributed by atoms with Crippen molar-refractivity contribution in [1.29, 1.82) is 5.26 Å². The van der Waals surface area contributed by atoms with Crippen LogP contribution in [0.2, 0.25) is 0 Å². The molecular weight excluding hydrogens is 320 g/mol. The van der Waals surface area contributed by atoms with Gasteiger partial charge in [-0.25, -0.2) is 0 Å². The summed E-state index contributed by atoms with van der Waals surface area (Å²) in [5.41, 5.74) is 1.31. The monoisotopic (exact) mass is 340 g/mol. The molecule has 0 unspecified atom stereocenters. The molecule has 1 aliphatic heterocycles. The molecule has 1 aliphatic rings. The third-order valence-corrected chi connectivity index (χ3v) is 4.14. The molecule has 1 saturated heterocycles. The molecule has 1 amide bonds. The molecule has 0 atom stereocenters. The Morgan fingerprint density at radius 1 is 1.32 bits per heavy atom. The number of ether oxygens (including phenoxy) is 1. The minimum atomic E-state index is -0.0668. The largest absolute Gasteiger partial charge is 0.482 e. The number of aryl methyl sites for hydroxylation is 1. The molecule has 2 aromatic rings. The maximum atomic E-state index is 12.3. The molecule has 0 aliphatic carbocycles. The number of carbonyl (C=O) groups is 1. The van der Waals surface area contributed by atoms with Crippen molar-refractivity contribution in [3.05, 3.63) is 47.3 Å². The summed E-state index contributed by atoms with van der Waals surface area (Å²) in [6.07, 6.45) is 0. The first-order valence-corrected chi connectivity index (χ1v) is 8.20. The van der Waals surface area contributed by atoms with Gasteiger partial charge in [-0.3, -0.25) is 9.69 Å². The number of amides is 1. The van der Waals surface area contributed by atoms with E-state index < -0.39 is 0 Å². The van der Waals surface area contributed by atoms with E-state index >= 15 is 0 Å². The van der Waals surface area contributed by atoms with Crippen molar-refractivity contribution in [2.24, 2.45) is 0 Å². The predicted octanol–water partition coefficient (Wildman–Crippen LogP) is 1.58. The predicted molar refractivity (Wildman–Crippen MR) is 89.7 cm³/mol. The lowest BCUT2D eigenvalue weighted by atomic mass is 10.2. The van der Waals surface area contributed by atoms with Crippen molar-refractivity contribution in [3.63, 3.8) is 0 Å². The Labute approximate surface area is 146 Å². The molecule has 0 bridgehead atoms. The van der Waals surface area contributed by atoms with E-state index in [4.69, 9.17) is 14.5 Å². The summed E-state index contributed by atoms with van der Waals surface area (Å²) in [6, 6.07) is 10.9. The minimum absolute atomic E-state index is 0.0556. The highest BCUT2D eigenvalue weighted by Crippen LogP contribution is 2.17. The first kappa shape index (κ1) is 17.0. The van der Waals surface area contributed by atoms with Crippen molar-refractivity contribution in [1.82, 2.24) is 15.0 Å². The van der Waals surface area contributed by atoms with Crippen LogP contribution in [0.5, 0.6) is 5.75 Å². The number of hydrogen-bond donors (Lipinski definition) is 0. The van der Waals surface area contributed by atoms with Gasteiger partial charge >= 0.3 is 0 Å². The lowest BCUT2D eigenvalue weighted by Crippen LogP contribution is -2.49. The lowest BCUT2D eigenvalue weighted by molar-refractivity contribution is -0.135. The summed E-state index contributed by atoms with van der Waals surface area (Å²) in [5, 5.41) is 12.9. The molecule has 1 aromatic heterocycles. The van der Waals surface area contributed by atoms with Crippen molar-refractivity contribution in [3.8, 4) is 11.8 Å². The topological polar surface area (TPSA) is 82.6 Å². The van der Waals surface area contributed by atoms with E-state index in [1.54, 1.807) is 29.2 Å². The number of aromatic nitrogens is 1. The molecule has 7 nitrogen and oxygen atoms in total. The van der Waals surface area contributed by atoms with Gasteiger partial charge < -0.3 is 14.2 Å². The van der Waals surface area contributed by atoms with Crippen LogP contribution in [0.4, 0.5) is 0 Å². The molecule has 1 aromatic carbocycles. The molecule has 1 fully saturated rings. The SMILES string of the molecule is Cc1cc(CN2CCN(C(=O)COc3ccccc3C#N)CC2)on1. The van der Waals surface area contributed by atoms with Crippen molar-refractivity contribution in [2.45, 2.75) is 13.5 Å². The number of nitrogens with zero attached hydrogens (tertiary/aromatic N) is 4. The van der Waals surface area contributed by atoms with E-state index in [-0.39, 0.29) is 12.5 Å². The second kappa shape index (κ2) is 7.81. The smallest absolute Gasteiger partial charge is 0.260 e. The molecule has 0 N–H and O–H groups in total. The second-order valence-electron chi connectivity index (χ2n) is 5.99. The van der Waals surface area contributed by atoms with Crippen LogP contribution < -0.4 is 4.74 Å². The van der Waals surface area contributed by atoms with Gasteiger partial charge in [0, 0.05) is 32.2 Å². The van der Waals surface area contributed by atoms with Crippen LogP contribution in [0.1, 0.15) is 17.0 Å². The molecule has 0 saturated carbocycles. The lowest BCUT2D eigenvalue weighted by Gasteiger charge is -2.34. The first-order chi connectivity index (χ1) is 12.2. The van der Waals surface area contributed by atoms with E-state index in [9.17, 15) is 4.79 Å². The number of hydrogen-bond acceptors (Lipinski definition) is 6. The summed E-state index contributed by atoms with van der Waals surface area (Å²) in [4.78, 5) is 16.3. The molecule has 2 heterocycles. The van der Waals surface area contributed by atoms with Crippen LogP contribution >= 0.6 is 0 Å². The quantitative estimate of drug-likeness (QED) is 0.822. The van der Waals surface area contributed by atoms with Crippen LogP contribution in [0.3, 0.4) is 0 Å². The zero-order valence-electron chi connectivity index (χ0n) is 14.1. The zero-order chi connectivity index (χ0) is 17.6. The van der Waals surface area contributed by atoms with Crippen molar-refractivity contribution < 1.29 is 14.1 Å². The molecule has 0 spiro atoms. The van der Waals surface area contributed by atoms with E-state index in [1.807, 2.05) is 13.0 Å². The highest BCUT2D eigenvalue weighted by atomic mass is 16.5. The van der Waals surface area contributed by atoms with E-state index in [0.29, 0.717) is 30.9 Å². The first-order valence-electron chi connectivity index (χ1n) is 8.20. The van der Waals surface area contributed by atoms with E-state index in [0.717, 1.165) is 24.5 Å². The standard InChI is InChI=1S/C18H20N4O3/c1-14-10-16(25-20-14)12-21-6-8-22(9-7-21)18(23)13-24-17-5-3-2-4-15(17)11-19/h2-5,10H,6-9,12-13H2,1H3. The van der Waals surface area contributed by atoms with Crippen LogP contribution in [0, 0.1) is 18.3 Å². The molecule has 7 heteroatoms. The fraction of sp³-hybridized carbons (Fsp3) is 0.389. The highest BCUT2D eigenvalue weighted by molar-refractivity contribution is 5.78. The fourth-order valence-corrected chi connectivity index (χ4v) is 2.78. The maximum absolute atomic E-state index is 12.3. The van der Waals surface area contributed by atoms with Gasteiger partial charge in [0.25, 0.3) is 5.91 Å². The average Bonchev–Trinajstić information content (AvgIpc) is 3.05. The minimum Gasteiger partial charge on any atom is -0.482 e. The molecule has 3 rings (SSSR count). The number of benzene rings is 1. The van der Waals surface area contributed by atoms with Crippen LogP contribution in [0.25, 0.3) is 0 Å². The zero-order valence-corrected chi connectivity index (χ0v) is 14.1. The summed E-state index contributed by atoms with van der Waals surface area (Å²) < 4.78 is 10.7. The van der Waals surface area contributed by atoms with Crippen LogP contribution in [0.15, 0.2) is 34.9 Å². The Morgan fingerprint density at radius 2 is 2.08 bits per heavy atom. The Bertz CT molecular complexity index is 773. The average molecular weight is 340 g/mol. The number of carbonyl (C=O) groups excluding carboxylic acids is 1. The Balaban J connectivity index is 1.46. The van der Waals surface area contributed by atoms with Gasteiger partial charge in [0.1, 0.15) is 11.8 Å². The third kappa shape index (κ3) is 4.37. The normalized spacial score (nSPS) is 15.0. The van der Waals surface area contributed by atoms with Gasteiger partial charge in [-0.05, 0) is 19.1 Å². The van der Waals surface area contributed by atoms with E-state index in [2.05, 4.69) is 16.1 Å². The second-order valence-corrected chi connectivity index (χ2v) is 5.99. The maximum Gasteiger partial charge on any atom is 0.260 e. The Morgan fingerprint density at radius 3 is 2.76 bits per heavy atom. The molecule has 25 heavy (non-hydrogen) atoms. The Kier molecular flexibility index (Phi) is 5.31. The third-order valence-electron chi connectivity index (χ3n) is 4.14. The summed E-state index contributed by atoms with van der Waals surface area (Å²) in [6.45, 7) is 5.40. The van der Waals surface area contributed by atoms with E-state index in [1.165, 1.54) is 0 Å². The van der Waals surface area contributed by atoms with Crippen molar-refractivity contribution in [2.75, 3.05) is 32.8 Å². The van der Waals surface area contributed by atoms with Crippen LogP contribution in [-0.4, -0.2) is 53.6 Å².